The number of rotatable bonds is 5. The summed E-state index contributed by atoms with van der Waals surface area (Å²) in [5, 5.41) is 0. The Morgan fingerprint density at radius 3 is 2.55 bits per heavy atom. The molecule has 104 valence electrons. The lowest BCUT2D eigenvalue weighted by atomic mass is 10.1. The SMILES string of the molecule is CCN(CCc1ccncc1)C(=O)c1ccccc1N. The first kappa shape index (κ1) is 14.1. The Balaban J connectivity index is 2.05. The molecular weight excluding hydrogens is 250 g/mol. The summed E-state index contributed by atoms with van der Waals surface area (Å²) in [5.74, 6) is -0.0142. The van der Waals surface area contributed by atoms with Gasteiger partial charge in [-0.1, -0.05) is 12.1 Å². The van der Waals surface area contributed by atoms with Crippen molar-refractivity contribution in [2.24, 2.45) is 0 Å². The number of nitrogens with two attached hydrogens (primary N) is 1. The predicted molar refractivity (Wildman–Crippen MR) is 80.4 cm³/mol. The van der Waals surface area contributed by atoms with Crippen LogP contribution in [-0.4, -0.2) is 28.9 Å². The fourth-order valence-electron chi connectivity index (χ4n) is 2.08. The fraction of sp³-hybridized carbons (Fsp3) is 0.250. The normalized spacial score (nSPS) is 10.2. The van der Waals surface area contributed by atoms with Crippen molar-refractivity contribution in [1.29, 1.82) is 0 Å². The average Bonchev–Trinajstić information content (AvgIpc) is 2.49. The highest BCUT2D eigenvalue weighted by atomic mass is 16.2. The minimum atomic E-state index is -0.0142. The second kappa shape index (κ2) is 6.70. The Bertz CT molecular complexity index is 569. The van der Waals surface area contributed by atoms with Crippen LogP contribution in [0.15, 0.2) is 48.8 Å². The molecule has 2 aromatic rings. The topological polar surface area (TPSA) is 59.2 Å². The molecule has 0 saturated heterocycles. The summed E-state index contributed by atoms with van der Waals surface area (Å²) in [6.07, 6.45) is 4.35. The number of nitrogen functional groups attached to an aromatic ring is 1. The van der Waals surface area contributed by atoms with Gasteiger partial charge in [-0.05, 0) is 43.2 Å². The van der Waals surface area contributed by atoms with Crippen LogP contribution in [0.3, 0.4) is 0 Å². The van der Waals surface area contributed by atoms with Crippen LogP contribution in [-0.2, 0) is 6.42 Å². The lowest BCUT2D eigenvalue weighted by molar-refractivity contribution is 0.0767. The van der Waals surface area contributed by atoms with Crippen molar-refractivity contribution >= 4 is 11.6 Å². The molecule has 4 nitrogen and oxygen atoms in total. The van der Waals surface area contributed by atoms with Crippen molar-refractivity contribution in [3.8, 4) is 0 Å². The van der Waals surface area contributed by atoms with Crippen molar-refractivity contribution in [3.05, 3.63) is 59.9 Å². The molecule has 0 unspecified atom stereocenters. The zero-order valence-electron chi connectivity index (χ0n) is 11.6. The van der Waals surface area contributed by atoms with Gasteiger partial charge in [0.2, 0.25) is 0 Å². The van der Waals surface area contributed by atoms with E-state index in [1.807, 2.05) is 36.1 Å². The Labute approximate surface area is 119 Å². The third kappa shape index (κ3) is 3.35. The van der Waals surface area contributed by atoms with Crippen molar-refractivity contribution in [1.82, 2.24) is 9.88 Å². The standard InChI is InChI=1S/C16H19N3O/c1-2-19(12-9-13-7-10-18-11-8-13)16(20)14-5-3-4-6-15(14)17/h3-8,10-11H,2,9,12,17H2,1H3. The molecule has 0 radical (unpaired) electrons. The number of likely N-dealkylation sites (N-methyl/N-ethyl adjacent to an activating group) is 1. The molecule has 1 amide bonds. The van der Waals surface area contributed by atoms with E-state index >= 15 is 0 Å². The van der Waals surface area contributed by atoms with Crippen LogP contribution in [0.4, 0.5) is 5.69 Å². The number of hydrogen-bond acceptors (Lipinski definition) is 3. The zero-order valence-corrected chi connectivity index (χ0v) is 11.6. The largest absolute Gasteiger partial charge is 0.398 e. The number of aromatic nitrogens is 1. The molecule has 0 spiro atoms. The molecule has 4 heteroatoms. The van der Waals surface area contributed by atoms with Crippen molar-refractivity contribution < 1.29 is 4.79 Å². The number of carbonyl (C=O) groups excluding carboxylic acids is 1. The number of para-hydroxylation sites is 1. The molecule has 2 N–H and O–H groups in total. The number of nitrogens with zero attached hydrogens (tertiary/aromatic N) is 2. The van der Waals surface area contributed by atoms with E-state index < -0.39 is 0 Å². The van der Waals surface area contributed by atoms with E-state index in [-0.39, 0.29) is 5.91 Å². The summed E-state index contributed by atoms with van der Waals surface area (Å²) in [6.45, 7) is 3.31. The molecule has 0 aliphatic heterocycles. The first-order valence-corrected chi connectivity index (χ1v) is 6.75. The number of anilines is 1. The maximum Gasteiger partial charge on any atom is 0.255 e. The van der Waals surface area contributed by atoms with Crippen LogP contribution >= 0.6 is 0 Å². The van der Waals surface area contributed by atoms with Gasteiger partial charge in [0.1, 0.15) is 0 Å². The second-order valence-electron chi connectivity index (χ2n) is 4.58. The molecule has 2 rings (SSSR count). The van der Waals surface area contributed by atoms with Crippen molar-refractivity contribution in [2.45, 2.75) is 13.3 Å². The van der Waals surface area contributed by atoms with E-state index in [1.165, 1.54) is 5.56 Å². The highest BCUT2D eigenvalue weighted by Gasteiger charge is 2.15. The molecule has 0 aliphatic rings. The predicted octanol–water partition coefficient (Wildman–Crippen LogP) is 2.37. The van der Waals surface area contributed by atoms with E-state index in [4.69, 9.17) is 5.73 Å². The van der Waals surface area contributed by atoms with Gasteiger partial charge in [0.15, 0.2) is 0 Å². The van der Waals surface area contributed by atoms with Gasteiger partial charge in [0.05, 0.1) is 5.56 Å². The van der Waals surface area contributed by atoms with Gasteiger partial charge in [-0.15, -0.1) is 0 Å². The maximum atomic E-state index is 12.5. The van der Waals surface area contributed by atoms with Gasteiger partial charge in [-0.25, -0.2) is 0 Å². The molecule has 0 bridgehead atoms. The van der Waals surface area contributed by atoms with E-state index in [2.05, 4.69) is 4.98 Å². The molecule has 20 heavy (non-hydrogen) atoms. The van der Waals surface area contributed by atoms with Gasteiger partial charge in [0, 0.05) is 31.2 Å². The quantitative estimate of drug-likeness (QED) is 0.848. The summed E-state index contributed by atoms with van der Waals surface area (Å²) < 4.78 is 0. The number of pyridine rings is 1. The molecule has 0 aliphatic carbocycles. The lowest BCUT2D eigenvalue weighted by Gasteiger charge is -2.21. The monoisotopic (exact) mass is 269 g/mol. The smallest absolute Gasteiger partial charge is 0.255 e. The summed E-state index contributed by atoms with van der Waals surface area (Å²) in [4.78, 5) is 18.3. The third-order valence-electron chi connectivity index (χ3n) is 3.28. The minimum absolute atomic E-state index is 0.0142. The molecular formula is C16H19N3O. The van der Waals surface area contributed by atoms with Crippen LogP contribution in [0.2, 0.25) is 0 Å². The average molecular weight is 269 g/mol. The Hall–Kier alpha value is -2.36. The first-order valence-electron chi connectivity index (χ1n) is 6.75. The molecule has 1 aromatic heterocycles. The highest BCUT2D eigenvalue weighted by molar-refractivity contribution is 5.99. The van der Waals surface area contributed by atoms with E-state index in [9.17, 15) is 4.79 Å². The Morgan fingerprint density at radius 1 is 1.20 bits per heavy atom. The molecule has 0 fully saturated rings. The summed E-state index contributed by atoms with van der Waals surface area (Å²) >= 11 is 0. The summed E-state index contributed by atoms with van der Waals surface area (Å²) in [7, 11) is 0. The van der Waals surface area contributed by atoms with Crippen LogP contribution in [0.1, 0.15) is 22.8 Å². The molecule has 0 saturated carbocycles. The van der Waals surface area contributed by atoms with Crippen molar-refractivity contribution in [2.75, 3.05) is 18.8 Å². The first-order chi connectivity index (χ1) is 9.72. The van der Waals surface area contributed by atoms with E-state index in [0.717, 1.165) is 6.42 Å². The van der Waals surface area contributed by atoms with E-state index in [0.29, 0.717) is 24.3 Å². The van der Waals surface area contributed by atoms with Gasteiger partial charge in [0.25, 0.3) is 5.91 Å². The number of carbonyl (C=O) groups is 1. The number of benzene rings is 1. The number of hydrogen-bond donors (Lipinski definition) is 1. The molecule has 1 heterocycles. The van der Waals surface area contributed by atoms with Gasteiger partial charge in [-0.2, -0.15) is 0 Å². The third-order valence-corrected chi connectivity index (χ3v) is 3.28. The van der Waals surface area contributed by atoms with Gasteiger partial charge < -0.3 is 10.6 Å². The Morgan fingerprint density at radius 2 is 1.90 bits per heavy atom. The zero-order chi connectivity index (χ0) is 14.4. The minimum Gasteiger partial charge on any atom is -0.398 e. The summed E-state index contributed by atoms with van der Waals surface area (Å²) in [5.41, 5.74) is 8.14. The molecule has 0 atom stereocenters. The van der Waals surface area contributed by atoms with Gasteiger partial charge in [-0.3, -0.25) is 9.78 Å². The number of amides is 1. The Kier molecular flexibility index (Phi) is 4.71. The maximum absolute atomic E-state index is 12.5. The van der Waals surface area contributed by atoms with Crippen molar-refractivity contribution in [3.63, 3.8) is 0 Å². The molecule has 1 aromatic carbocycles. The van der Waals surface area contributed by atoms with Gasteiger partial charge >= 0.3 is 0 Å². The van der Waals surface area contributed by atoms with Crippen LogP contribution in [0.5, 0.6) is 0 Å². The van der Waals surface area contributed by atoms with Crippen LogP contribution in [0.25, 0.3) is 0 Å². The van der Waals surface area contributed by atoms with Crippen LogP contribution in [0, 0.1) is 0 Å². The second-order valence-corrected chi connectivity index (χ2v) is 4.58. The van der Waals surface area contributed by atoms with E-state index in [1.54, 1.807) is 24.5 Å². The highest BCUT2D eigenvalue weighted by Crippen LogP contribution is 2.14. The lowest BCUT2D eigenvalue weighted by Crippen LogP contribution is -2.33. The fourth-order valence-corrected chi connectivity index (χ4v) is 2.08. The summed E-state index contributed by atoms with van der Waals surface area (Å²) in [6, 6.07) is 11.1. The van der Waals surface area contributed by atoms with Crippen LogP contribution < -0.4 is 5.73 Å².